The van der Waals surface area contributed by atoms with Crippen molar-refractivity contribution in [2.45, 2.75) is 39.5 Å². The molecular formula is C20H28N6O3. The molecule has 29 heavy (non-hydrogen) atoms. The number of amides is 2. The van der Waals surface area contributed by atoms with E-state index in [2.05, 4.69) is 20.3 Å². The number of fused-ring (bicyclic) bond motifs is 1. The van der Waals surface area contributed by atoms with Crippen LogP contribution in [0.1, 0.15) is 45.2 Å². The minimum absolute atomic E-state index is 0.0257. The first-order valence-electron chi connectivity index (χ1n) is 10.1. The molecule has 0 saturated carbocycles. The van der Waals surface area contributed by atoms with Gasteiger partial charge < -0.3 is 20.1 Å². The summed E-state index contributed by atoms with van der Waals surface area (Å²) in [6.45, 7) is 8.28. The van der Waals surface area contributed by atoms with E-state index in [1.54, 1.807) is 11.1 Å². The van der Waals surface area contributed by atoms with Gasteiger partial charge >= 0.3 is 0 Å². The minimum Gasteiger partial charge on any atom is -0.347 e. The molecule has 0 spiro atoms. The van der Waals surface area contributed by atoms with Gasteiger partial charge in [-0.3, -0.25) is 14.4 Å². The molecule has 3 heterocycles. The predicted octanol–water partition coefficient (Wildman–Crippen LogP) is 1.01. The Morgan fingerprint density at radius 1 is 1.28 bits per heavy atom. The van der Waals surface area contributed by atoms with Crippen molar-refractivity contribution in [1.29, 1.82) is 0 Å². The lowest BCUT2D eigenvalue weighted by Crippen LogP contribution is -2.43. The van der Waals surface area contributed by atoms with Crippen molar-refractivity contribution in [3.8, 4) is 0 Å². The Morgan fingerprint density at radius 2 is 1.97 bits per heavy atom. The standard InChI is InChI=1S/C20H28N6O3/c1-4-25(5-2)20-22-11-15-17(24-20)10-16(23-19(15)29)14-6-8-26(9-7-14)18(28)12-21-13(3)27/h10-11,14H,4-9,12H2,1-3H3,(H,21,27)(H,23,29). The van der Waals surface area contributed by atoms with E-state index in [1.807, 2.05) is 24.8 Å². The first-order valence-corrected chi connectivity index (χ1v) is 10.1. The predicted molar refractivity (Wildman–Crippen MR) is 111 cm³/mol. The lowest BCUT2D eigenvalue weighted by molar-refractivity contribution is -0.133. The Balaban J connectivity index is 1.76. The summed E-state index contributed by atoms with van der Waals surface area (Å²) in [5.41, 5.74) is 1.30. The molecule has 1 aliphatic rings. The third-order valence-corrected chi connectivity index (χ3v) is 5.42. The largest absolute Gasteiger partial charge is 0.347 e. The van der Waals surface area contributed by atoms with Crippen LogP contribution >= 0.6 is 0 Å². The Bertz CT molecular complexity index is 945. The highest BCUT2D eigenvalue weighted by Gasteiger charge is 2.25. The number of hydrogen-bond acceptors (Lipinski definition) is 6. The maximum atomic E-state index is 12.5. The Kier molecular flexibility index (Phi) is 6.46. The average Bonchev–Trinajstić information content (AvgIpc) is 2.72. The molecule has 0 aliphatic carbocycles. The number of aromatic amines is 1. The molecule has 2 N–H and O–H groups in total. The van der Waals surface area contributed by atoms with Gasteiger partial charge in [-0.15, -0.1) is 0 Å². The molecule has 3 rings (SSSR count). The fourth-order valence-corrected chi connectivity index (χ4v) is 3.68. The van der Waals surface area contributed by atoms with Gasteiger partial charge in [0, 0.05) is 50.9 Å². The summed E-state index contributed by atoms with van der Waals surface area (Å²) in [4.78, 5) is 51.4. The van der Waals surface area contributed by atoms with Gasteiger partial charge in [-0.1, -0.05) is 0 Å². The molecule has 2 amide bonds. The zero-order chi connectivity index (χ0) is 21.0. The molecule has 9 nitrogen and oxygen atoms in total. The smallest absolute Gasteiger partial charge is 0.259 e. The van der Waals surface area contributed by atoms with Gasteiger partial charge in [-0.2, -0.15) is 0 Å². The van der Waals surface area contributed by atoms with Crippen molar-refractivity contribution in [1.82, 2.24) is 25.2 Å². The number of rotatable bonds is 6. The maximum absolute atomic E-state index is 12.5. The van der Waals surface area contributed by atoms with Crippen molar-refractivity contribution >= 4 is 28.7 Å². The SMILES string of the molecule is CCN(CC)c1ncc2c(=O)[nH]c(C3CCN(C(=O)CNC(C)=O)CC3)cc2n1. The summed E-state index contributed by atoms with van der Waals surface area (Å²) >= 11 is 0. The number of hydrogen-bond donors (Lipinski definition) is 2. The molecule has 156 valence electrons. The number of nitrogens with one attached hydrogen (secondary N) is 2. The Labute approximate surface area is 169 Å². The van der Waals surface area contributed by atoms with Gasteiger partial charge in [0.05, 0.1) is 17.4 Å². The quantitative estimate of drug-likeness (QED) is 0.749. The van der Waals surface area contributed by atoms with Crippen LogP contribution in [-0.2, 0) is 9.59 Å². The highest BCUT2D eigenvalue weighted by Crippen LogP contribution is 2.27. The number of anilines is 1. The second-order valence-electron chi connectivity index (χ2n) is 7.26. The lowest BCUT2D eigenvalue weighted by Gasteiger charge is -2.32. The van der Waals surface area contributed by atoms with Gasteiger partial charge in [0.1, 0.15) is 0 Å². The molecule has 2 aromatic rings. The van der Waals surface area contributed by atoms with Gasteiger partial charge in [-0.25, -0.2) is 9.97 Å². The van der Waals surface area contributed by atoms with Gasteiger partial charge in [0.2, 0.25) is 17.8 Å². The lowest BCUT2D eigenvalue weighted by atomic mass is 9.92. The summed E-state index contributed by atoms with van der Waals surface area (Å²) in [7, 11) is 0. The molecule has 0 aromatic carbocycles. The van der Waals surface area contributed by atoms with Crippen molar-refractivity contribution in [3.63, 3.8) is 0 Å². The maximum Gasteiger partial charge on any atom is 0.259 e. The van der Waals surface area contributed by atoms with E-state index in [0.717, 1.165) is 31.6 Å². The molecule has 1 fully saturated rings. The van der Waals surface area contributed by atoms with E-state index in [1.165, 1.54) is 6.92 Å². The fraction of sp³-hybridized carbons (Fsp3) is 0.550. The number of aromatic nitrogens is 3. The van der Waals surface area contributed by atoms with E-state index in [0.29, 0.717) is 29.9 Å². The van der Waals surface area contributed by atoms with Crippen LogP contribution in [0.4, 0.5) is 5.95 Å². The Hall–Kier alpha value is -2.97. The summed E-state index contributed by atoms with van der Waals surface area (Å²) in [5, 5.41) is 3.02. The third-order valence-electron chi connectivity index (χ3n) is 5.42. The molecular weight excluding hydrogens is 372 g/mol. The van der Waals surface area contributed by atoms with Crippen LogP contribution in [0.5, 0.6) is 0 Å². The number of piperidine rings is 1. The van der Waals surface area contributed by atoms with Crippen LogP contribution in [-0.4, -0.2) is 64.4 Å². The monoisotopic (exact) mass is 400 g/mol. The normalized spacial score (nSPS) is 14.8. The van der Waals surface area contributed by atoms with Crippen LogP contribution in [0.15, 0.2) is 17.1 Å². The fourth-order valence-electron chi connectivity index (χ4n) is 3.68. The van der Waals surface area contributed by atoms with Crippen LogP contribution in [0.3, 0.4) is 0 Å². The van der Waals surface area contributed by atoms with Gasteiger partial charge in [0.25, 0.3) is 5.56 Å². The number of carbonyl (C=O) groups is 2. The molecule has 9 heteroatoms. The molecule has 0 unspecified atom stereocenters. The van der Waals surface area contributed by atoms with E-state index >= 15 is 0 Å². The van der Waals surface area contributed by atoms with Gasteiger partial charge in [0.15, 0.2) is 0 Å². The molecule has 1 saturated heterocycles. The number of carbonyl (C=O) groups excluding carboxylic acids is 2. The topological polar surface area (TPSA) is 111 Å². The number of likely N-dealkylation sites (tertiary alicyclic amines) is 1. The zero-order valence-corrected chi connectivity index (χ0v) is 17.2. The van der Waals surface area contributed by atoms with Crippen LogP contribution in [0.2, 0.25) is 0 Å². The minimum atomic E-state index is -0.215. The number of H-pyrrole nitrogens is 1. The second kappa shape index (κ2) is 9.02. The van der Waals surface area contributed by atoms with Crippen molar-refractivity contribution in [2.24, 2.45) is 0 Å². The molecule has 0 bridgehead atoms. The zero-order valence-electron chi connectivity index (χ0n) is 17.2. The third kappa shape index (κ3) is 4.72. The summed E-state index contributed by atoms with van der Waals surface area (Å²) in [5.74, 6) is 0.483. The van der Waals surface area contributed by atoms with Crippen LogP contribution in [0.25, 0.3) is 10.9 Å². The highest BCUT2D eigenvalue weighted by atomic mass is 16.2. The van der Waals surface area contributed by atoms with Crippen LogP contribution in [0, 0.1) is 0 Å². The first-order chi connectivity index (χ1) is 13.9. The average molecular weight is 400 g/mol. The summed E-state index contributed by atoms with van der Waals surface area (Å²) in [6, 6.07) is 1.94. The number of nitrogens with zero attached hydrogens (tertiary/aromatic N) is 4. The summed E-state index contributed by atoms with van der Waals surface area (Å²) < 4.78 is 0. The van der Waals surface area contributed by atoms with E-state index in [4.69, 9.17) is 0 Å². The first kappa shape index (κ1) is 20.8. The van der Waals surface area contributed by atoms with E-state index < -0.39 is 0 Å². The Morgan fingerprint density at radius 3 is 2.59 bits per heavy atom. The van der Waals surface area contributed by atoms with E-state index in [9.17, 15) is 14.4 Å². The second-order valence-corrected chi connectivity index (χ2v) is 7.26. The number of pyridine rings is 1. The molecule has 0 radical (unpaired) electrons. The highest BCUT2D eigenvalue weighted by molar-refractivity contribution is 5.83. The molecule has 2 aromatic heterocycles. The van der Waals surface area contributed by atoms with Crippen molar-refractivity contribution in [2.75, 3.05) is 37.6 Å². The van der Waals surface area contributed by atoms with E-state index in [-0.39, 0.29) is 29.8 Å². The van der Waals surface area contributed by atoms with Crippen molar-refractivity contribution in [3.05, 3.63) is 28.3 Å². The van der Waals surface area contributed by atoms with Gasteiger partial charge in [-0.05, 0) is 32.8 Å². The van der Waals surface area contributed by atoms with Crippen LogP contribution < -0.4 is 15.8 Å². The molecule has 1 aliphatic heterocycles. The summed E-state index contributed by atoms with van der Waals surface area (Å²) in [6.07, 6.45) is 3.09. The van der Waals surface area contributed by atoms with Crippen molar-refractivity contribution < 1.29 is 9.59 Å². The molecule has 0 atom stereocenters.